The maximum Gasteiger partial charge on any atom is 0.281 e. The van der Waals surface area contributed by atoms with Crippen molar-refractivity contribution >= 4 is 34.7 Å². The summed E-state index contributed by atoms with van der Waals surface area (Å²) >= 11 is 5.92. The van der Waals surface area contributed by atoms with E-state index < -0.39 is 0 Å². The first-order valence-corrected chi connectivity index (χ1v) is 9.22. The van der Waals surface area contributed by atoms with E-state index in [1.807, 2.05) is 24.3 Å². The first-order chi connectivity index (χ1) is 13.5. The van der Waals surface area contributed by atoms with Crippen molar-refractivity contribution in [2.75, 3.05) is 23.7 Å². The van der Waals surface area contributed by atoms with Gasteiger partial charge in [0.2, 0.25) is 11.9 Å². The molecule has 0 fully saturated rings. The number of fused-ring (bicyclic) bond motifs is 1. The highest BCUT2D eigenvalue weighted by Gasteiger charge is 2.17. The number of imidazole rings is 1. The predicted octanol–water partition coefficient (Wildman–Crippen LogP) is 1.79. The minimum Gasteiger partial charge on any atom is -0.354 e. The summed E-state index contributed by atoms with van der Waals surface area (Å²) in [6.45, 7) is 3.58. The van der Waals surface area contributed by atoms with Gasteiger partial charge in [-0.3, -0.25) is 13.9 Å². The van der Waals surface area contributed by atoms with Gasteiger partial charge in [-0.15, -0.1) is 5.92 Å². The van der Waals surface area contributed by atoms with Crippen LogP contribution in [0.3, 0.4) is 0 Å². The minimum absolute atomic E-state index is 0.199. The molecule has 8 nitrogen and oxygen atoms in total. The number of hydrogen-bond donors (Lipinski definition) is 3. The van der Waals surface area contributed by atoms with Crippen molar-refractivity contribution in [1.82, 2.24) is 19.1 Å². The van der Waals surface area contributed by atoms with E-state index in [4.69, 9.17) is 17.3 Å². The van der Waals surface area contributed by atoms with Crippen LogP contribution in [0.2, 0.25) is 5.02 Å². The molecule has 146 valence electrons. The Morgan fingerprint density at radius 1 is 1.18 bits per heavy atom. The first kappa shape index (κ1) is 19.7. The Balaban J connectivity index is 1.98. The van der Waals surface area contributed by atoms with Gasteiger partial charge in [0.15, 0.2) is 11.2 Å². The Labute approximate surface area is 167 Å². The lowest BCUT2D eigenvalue weighted by Crippen LogP contribution is -2.24. The highest BCUT2D eigenvalue weighted by molar-refractivity contribution is 6.30. The third kappa shape index (κ3) is 4.11. The molecular weight excluding hydrogens is 378 g/mol. The summed E-state index contributed by atoms with van der Waals surface area (Å²) in [6.07, 6.45) is 0. The van der Waals surface area contributed by atoms with Crippen LogP contribution >= 0.6 is 11.6 Å². The number of aromatic nitrogens is 4. The van der Waals surface area contributed by atoms with E-state index in [1.54, 1.807) is 18.5 Å². The van der Waals surface area contributed by atoms with E-state index in [-0.39, 0.29) is 5.56 Å². The summed E-state index contributed by atoms with van der Waals surface area (Å²) in [6, 6.07) is 7.47. The summed E-state index contributed by atoms with van der Waals surface area (Å²) in [5.74, 6) is 6.78. The Kier molecular flexibility index (Phi) is 6.19. The Morgan fingerprint density at radius 3 is 2.57 bits per heavy atom. The van der Waals surface area contributed by atoms with Crippen molar-refractivity contribution in [2.24, 2.45) is 12.8 Å². The molecule has 0 spiro atoms. The van der Waals surface area contributed by atoms with Gasteiger partial charge in [-0.1, -0.05) is 29.7 Å². The Bertz CT molecular complexity index is 1090. The molecule has 1 aromatic carbocycles. The van der Waals surface area contributed by atoms with Crippen LogP contribution in [-0.4, -0.2) is 32.2 Å². The zero-order chi connectivity index (χ0) is 20.1. The van der Waals surface area contributed by atoms with Gasteiger partial charge in [0.25, 0.3) is 5.56 Å². The third-order valence-electron chi connectivity index (χ3n) is 4.19. The molecule has 4 N–H and O–H groups in total. The van der Waals surface area contributed by atoms with Gasteiger partial charge in [-0.05, 0) is 24.6 Å². The normalized spacial score (nSPS) is 10.6. The zero-order valence-electron chi connectivity index (χ0n) is 15.8. The van der Waals surface area contributed by atoms with Gasteiger partial charge in [0.1, 0.15) is 0 Å². The van der Waals surface area contributed by atoms with Crippen LogP contribution in [0.4, 0.5) is 11.9 Å². The zero-order valence-corrected chi connectivity index (χ0v) is 16.5. The number of rotatable bonds is 7. The monoisotopic (exact) mass is 399 g/mol. The lowest BCUT2D eigenvalue weighted by atomic mass is 10.2. The van der Waals surface area contributed by atoms with Crippen LogP contribution in [0.25, 0.3) is 11.2 Å². The largest absolute Gasteiger partial charge is 0.354 e. The number of hydrogen-bond acceptors (Lipinski definition) is 6. The number of halogens is 1. The van der Waals surface area contributed by atoms with E-state index in [0.717, 1.165) is 5.56 Å². The van der Waals surface area contributed by atoms with Crippen LogP contribution in [0.5, 0.6) is 0 Å². The van der Waals surface area contributed by atoms with Crippen LogP contribution < -0.4 is 21.9 Å². The summed E-state index contributed by atoms with van der Waals surface area (Å²) in [5.41, 5.74) is 7.16. The quantitative estimate of drug-likeness (QED) is 0.523. The molecule has 0 aliphatic rings. The number of nitrogens with one attached hydrogen (secondary N) is 2. The molecule has 0 bridgehead atoms. The number of anilines is 2. The van der Waals surface area contributed by atoms with Crippen molar-refractivity contribution in [3.63, 3.8) is 0 Å². The SMILES string of the molecule is CC#CCn1c(NCCN)nc2nc(NCc3ccc(Cl)cc3)n(C)c(=O)c21. The highest BCUT2D eigenvalue weighted by Crippen LogP contribution is 2.17. The maximum absolute atomic E-state index is 13.0. The number of benzene rings is 1. The molecule has 28 heavy (non-hydrogen) atoms. The van der Waals surface area contributed by atoms with Gasteiger partial charge in [0, 0.05) is 31.7 Å². The second kappa shape index (κ2) is 8.78. The fourth-order valence-electron chi connectivity index (χ4n) is 2.73. The fraction of sp³-hybridized carbons (Fsp3) is 0.316. The standard InChI is InChI=1S/C19H22ClN7O/c1-3-4-11-27-15-16(25-19(27)22-10-9-21)24-18(26(2)17(15)28)23-12-13-5-7-14(20)8-6-13/h5-8H,9-12,21H2,1-2H3,(H,22,25)(H,23,24). The van der Waals surface area contributed by atoms with E-state index in [1.165, 1.54) is 4.57 Å². The lowest BCUT2D eigenvalue weighted by Gasteiger charge is -2.11. The van der Waals surface area contributed by atoms with Crippen molar-refractivity contribution in [1.29, 1.82) is 0 Å². The highest BCUT2D eigenvalue weighted by atomic mass is 35.5. The lowest BCUT2D eigenvalue weighted by molar-refractivity contribution is 0.810. The molecule has 0 saturated carbocycles. The summed E-state index contributed by atoms with van der Waals surface area (Å²) in [4.78, 5) is 22.0. The molecule has 0 amide bonds. The average molecular weight is 400 g/mol. The van der Waals surface area contributed by atoms with Crippen molar-refractivity contribution < 1.29 is 0 Å². The van der Waals surface area contributed by atoms with Crippen LogP contribution in [-0.2, 0) is 20.1 Å². The first-order valence-electron chi connectivity index (χ1n) is 8.84. The molecule has 2 heterocycles. The molecule has 3 aromatic rings. The van der Waals surface area contributed by atoms with E-state index in [0.29, 0.717) is 54.3 Å². The molecule has 0 aliphatic heterocycles. The van der Waals surface area contributed by atoms with Crippen LogP contribution in [0.1, 0.15) is 12.5 Å². The van der Waals surface area contributed by atoms with Crippen LogP contribution in [0.15, 0.2) is 29.1 Å². The predicted molar refractivity (Wildman–Crippen MR) is 113 cm³/mol. The van der Waals surface area contributed by atoms with Gasteiger partial charge in [-0.2, -0.15) is 9.97 Å². The molecule has 3 rings (SSSR count). The summed E-state index contributed by atoms with van der Waals surface area (Å²) in [7, 11) is 1.68. The smallest absolute Gasteiger partial charge is 0.281 e. The van der Waals surface area contributed by atoms with Gasteiger partial charge in [-0.25, -0.2) is 0 Å². The molecule has 0 saturated heterocycles. The van der Waals surface area contributed by atoms with Crippen molar-refractivity contribution in [2.45, 2.75) is 20.0 Å². The minimum atomic E-state index is -0.199. The second-order valence-corrected chi connectivity index (χ2v) is 6.55. The van der Waals surface area contributed by atoms with Crippen molar-refractivity contribution in [3.8, 4) is 11.8 Å². The maximum atomic E-state index is 13.0. The van der Waals surface area contributed by atoms with Gasteiger partial charge < -0.3 is 16.4 Å². The summed E-state index contributed by atoms with van der Waals surface area (Å²) in [5, 5.41) is 6.99. The van der Waals surface area contributed by atoms with Gasteiger partial charge >= 0.3 is 0 Å². The van der Waals surface area contributed by atoms with E-state index in [9.17, 15) is 4.79 Å². The molecular formula is C19H22ClN7O. The summed E-state index contributed by atoms with van der Waals surface area (Å²) < 4.78 is 3.21. The molecule has 0 atom stereocenters. The fourth-order valence-corrected chi connectivity index (χ4v) is 2.86. The number of nitrogens with two attached hydrogens (primary N) is 1. The number of nitrogens with zero attached hydrogens (tertiary/aromatic N) is 4. The van der Waals surface area contributed by atoms with E-state index >= 15 is 0 Å². The molecule has 0 radical (unpaired) electrons. The molecule has 0 aliphatic carbocycles. The van der Waals surface area contributed by atoms with Crippen LogP contribution in [0, 0.1) is 11.8 Å². The Hall–Kier alpha value is -3.02. The van der Waals surface area contributed by atoms with Gasteiger partial charge in [0.05, 0.1) is 6.54 Å². The van der Waals surface area contributed by atoms with Crippen molar-refractivity contribution in [3.05, 3.63) is 45.2 Å². The van der Waals surface area contributed by atoms with E-state index in [2.05, 4.69) is 32.4 Å². The second-order valence-electron chi connectivity index (χ2n) is 6.12. The molecule has 0 unspecified atom stereocenters. The molecule has 9 heteroatoms. The molecule has 2 aromatic heterocycles. The topological polar surface area (TPSA) is 103 Å². The average Bonchev–Trinajstić information content (AvgIpc) is 3.04. The third-order valence-corrected chi connectivity index (χ3v) is 4.44. The Morgan fingerprint density at radius 2 is 1.89 bits per heavy atom.